The normalized spacial score (nSPS) is 22.7. The van der Waals surface area contributed by atoms with E-state index in [0.29, 0.717) is 11.8 Å². The predicted molar refractivity (Wildman–Crippen MR) is 81.9 cm³/mol. The van der Waals surface area contributed by atoms with E-state index in [1.807, 2.05) is 0 Å². The first-order chi connectivity index (χ1) is 9.20. The van der Waals surface area contributed by atoms with E-state index in [0.717, 1.165) is 25.4 Å². The zero-order chi connectivity index (χ0) is 15.2. The average Bonchev–Trinajstić information content (AvgIpc) is 2.26. The van der Waals surface area contributed by atoms with E-state index in [-0.39, 0.29) is 12.0 Å². The maximum atomic E-state index is 10.5. The molecule has 1 unspecified atom stereocenters. The van der Waals surface area contributed by atoms with Gasteiger partial charge in [-0.3, -0.25) is 4.79 Å². The van der Waals surface area contributed by atoms with Gasteiger partial charge in [-0.1, -0.05) is 26.7 Å². The van der Waals surface area contributed by atoms with Crippen molar-refractivity contribution in [2.24, 2.45) is 11.3 Å². The largest absolute Gasteiger partial charge is 0.481 e. The van der Waals surface area contributed by atoms with E-state index < -0.39 is 5.97 Å². The lowest BCUT2D eigenvalue weighted by Gasteiger charge is -2.36. The van der Waals surface area contributed by atoms with Crippen LogP contribution in [0.3, 0.4) is 0 Å². The Bertz CT molecular complexity index is 307. The van der Waals surface area contributed by atoms with Gasteiger partial charge in [0.15, 0.2) is 0 Å². The summed E-state index contributed by atoms with van der Waals surface area (Å²) in [6.45, 7) is 9.69. The van der Waals surface area contributed by atoms with Gasteiger partial charge in [-0.2, -0.15) is 0 Å². The summed E-state index contributed by atoms with van der Waals surface area (Å²) in [6, 6.07) is 0. The number of ether oxygens (including phenoxy) is 1. The third-order valence-corrected chi connectivity index (χ3v) is 4.50. The van der Waals surface area contributed by atoms with Crippen LogP contribution in [-0.4, -0.2) is 23.3 Å². The molecule has 0 radical (unpaired) electrons. The molecule has 0 aromatic carbocycles. The van der Waals surface area contributed by atoms with E-state index >= 15 is 0 Å². The molecule has 0 aromatic rings. The number of carbonyl (C=O) groups is 1. The highest BCUT2D eigenvalue weighted by Crippen LogP contribution is 2.39. The number of hydrogen-bond acceptors (Lipinski definition) is 2. The summed E-state index contributed by atoms with van der Waals surface area (Å²) in [6.07, 6.45) is 8.25. The fraction of sp³-hybridized carbons (Fsp3) is 0.941. The third-order valence-electron chi connectivity index (χ3n) is 4.50. The van der Waals surface area contributed by atoms with Gasteiger partial charge in [0.1, 0.15) is 0 Å². The molecular formula is C17H32O3. The summed E-state index contributed by atoms with van der Waals surface area (Å²) in [4.78, 5) is 10.5. The zero-order valence-corrected chi connectivity index (χ0v) is 13.7. The van der Waals surface area contributed by atoms with E-state index in [2.05, 4.69) is 27.7 Å². The van der Waals surface area contributed by atoms with E-state index in [1.165, 1.54) is 25.7 Å². The SMILES string of the molecule is CC1(C)CCCC(CCOC(C)(C)CCCC(=O)O)C1. The van der Waals surface area contributed by atoms with Crippen LogP contribution in [0.2, 0.25) is 0 Å². The number of carboxylic acid groups (broad SMARTS) is 1. The second-order valence-electron chi connectivity index (χ2n) is 7.77. The molecule has 1 atom stereocenters. The maximum Gasteiger partial charge on any atom is 0.303 e. The fourth-order valence-electron chi connectivity index (χ4n) is 3.34. The van der Waals surface area contributed by atoms with Crippen LogP contribution in [0.1, 0.15) is 79.1 Å². The Morgan fingerprint density at radius 3 is 2.70 bits per heavy atom. The van der Waals surface area contributed by atoms with Gasteiger partial charge in [0.25, 0.3) is 0 Å². The van der Waals surface area contributed by atoms with Gasteiger partial charge in [-0.25, -0.2) is 0 Å². The van der Waals surface area contributed by atoms with Crippen molar-refractivity contribution >= 4 is 5.97 Å². The molecule has 0 heterocycles. The molecule has 3 heteroatoms. The molecule has 0 saturated heterocycles. The quantitative estimate of drug-likeness (QED) is 0.706. The van der Waals surface area contributed by atoms with E-state index in [1.54, 1.807) is 0 Å². The van der Waals surface area contributed by atoms with Crippen molar-refractivity contribution < 1.29 is 14.6 Å². The fourth-order valence-corrected chi connectivity index (χ4v) is 3.34. The molecule has 0 spiro atoms. The van der Waals surface area contributed by atoms with Gasteiger partial charge in [0, 0.05) is 13.0 Å². The van der Waals surface area contributed by atoms with Crippen LogP contribution < -0.4 is 0 Å². The van der Waals surface area contributed by atoms with Crippen molar-refractivity contribution in [3.8, 4) is 0 Å². The van der Waals surface area contributed by atoms with Gasteiger partial charge >= 0.3 is 5.97 Å². The summed E-state index contributed by atoms with van der Waals surface area (Å²) in [7, 11) is 0. The first-order valence-corrected chi connectivity index (χ1v) is 8.06. The summed E-state index contributed by atoms with van der Waals surface area (Å²) >= 11 is 0. The minimum Gasteiger partial charge on any atom is -0.481 e. The Balaban J connectivity index is 2.20. The predicted octanol–water partition coefficient (Wildman–Crippen LogP) is 4.64. The second kappa shape index (κ2) is 7.44. The molecule has 1 aliphatic carbocycles. The van der Waals surface area contributed by atoms with Gasteiger partial charge in [-0.15, -0.1) is 0 Å². The standard InChI is InChI=1S/C17H32O3/c1-16(2)10-5-7-14(13-16)9-12-20-17(3,4)11-6-8-15(18)19/h14H,5-13H2,1-4H3,(H,18,19). The Labute approximate surface area is 124 Å². The highest BCUT2D eigenvalue weighted by Gasteiger charge is 2.28. The van der Waals surface area contributed by atoms with Crippen molar-refractivity contribution in [2.45, 2.75) is 84.7 Å². The molecule has 1 saturated carbocycles. The minimum absolute atomic E-state index is 0.195. The molecule has 1 N–H and O–H groups in total. The van der Waals surface area contributed by atoms with Crippen LogP contribution in [-0.2, 0) is 9.53 Å². The molecule has 0 aliphatic heterocycles. The molecule has 0 bridgehead atoms. The molecule has 118 valence electrons. The minimum atomic E-state index is -0.717. The number of hydrogen-bond donors (Lipinski definition) is 1. The molecule has 0 aromatic heterocycles. The van der Waals surface area contributed by atoms with Crippen LogP contribution in [0.5, 0.6) is 0 Å². The Hall–Kier alpha value is -0.570. The van der Waals surface area contributed by atoms with Crippen LogP contribution in [0, 0.1) is 11.3 Å². The number of carboxylic acids is 1. The average molecular weight is 284 g/mol. The van der Waals surface area contributed by atoms with Crippen LogP contribution in [0.25, 0.3) is 0 Å². The lowest BCUT2D eigenvalue weighted by Crippen LogP contribution is -2.28. The third kappa shape index (κ3) is 7.28. The van der Waals surface area contributed by atoms with Gasteiger partial charge in [0.2, 0.25) is 0 Å². The lowest BCUT2D eigenvalue weighted by molar-refractivity contribution is -0.137. The second-order valence-corrected chi connectivity index (χ2v) is 7.77. The van der Waals surface area contributed by atoms with Crippen LogP contribution in [0.15, 0.2) is 0 Å². The molecule has 1 aliphatic rings. The molecular weight excluding hydrogens is 252 g/mol. The van der Waals surface area contributed by atoms with E-state index in [4.69, 9.17) is 9.84 Å². The van der Waals surface area contributed by atoms with Crippen molar-refractivity contribution in [1.82, 2.24) is 0 Å². The summed E-state index contributed by atoms with van der Waals surface area (Å²) in [5, 5.41) is 8.66. The summed E-state index contributed by atoms with van der Waals surface area (Å²) < 4.78 is 5.99. The Morgan fingerprint density at radius 2 is 2.10 bits per heavy atom. The topological polar surface area (TPSA) is 46.5 Å². The van der Waals surface area contributed by atoms with Crippen molar-refractivity contribution in [1.29, 1.82) is 0 Å². The van der Waals surface area contributed by atoms with Gasteiger partial charge in [0.05, 0.1) is 5.60 Å². The van der Waals surface area contributed by atoms with Crippen molar-refractivity contribution in [3.05, 3.63) is 0 Å². The van der Waals surface area contributed by atoms with Crippen LogP contribution >= 0.6 is 0 Å². The summed E-state index contributed by atoms with van der Waals surface area (Å²) in [5.41, 5.74) is 0.305. The number of aliphatic carboxylic acids is 1. The first kappa shape index (κ1) is 17.5. The molecule has 3 nitrogen and oxygen atoms in total. The van der Waals surface area contributed by atoms with Gasteiger partial charge < -0.3 is 9.84 Å². The molecule has 1 fully saturated rings. The zero-order valence-electron chi connectivity index (χ0n) is 13.7. The molecule has 20 heavy (non-hydrogen) atoms. The summed E-state index contributed by atoms with van der Waals surface area (Å²) in [5.74, 6) is 0.0822. The molecule has 0 amide bonds. The highest BCUT2D eigenvalue weighted by atomic mass is 16.5. The maximum absolute atomic E-state index is 10.5. The lowest BCUT2D eigenvalue weighted by atomic mass is 9.71. The van der Waals surface area contributed by atoms with E-state index in [9.17, 15) is 4.79 Å². The van der Waals surface area contributed by atoms with Crippen LogP contribution in [0.4, 0.5) is 0 Å². The van der Waals surface area contributed by atoms with Crippen molar-refractivity contribution in [2.75, 3.05) is 6.61 Å². The first-order valence-electron chi connectivity index (χ1n) is 8.06. The Morgan fingerprint density at radius 1 is 1.40 bits per heavy atom. The number of rotatable bonds is 8. The highest BCUT2D eigenvalue weighted by molar-refractivity contribution is 5.66. The molecule has 1 rings (SSSR count). The monoisotopic (exact) mass is 284 g/mol. The smallest absolute Gasteiger partial charge is 0.303 e. The van der Waals surface area contributed by atoms with Gasteiger partial charge in [-0.05, 0) is 57.3 Å². The Kier molecular flexibility index (Phi) is 6.50. The van der Waals surface area contributed by atoms with Crippen molar-refractivity contribution in [3.63, 3.8) is 0 Å².